The molecule has 1 aromatic heterocycles. The maximum Gasteiger partial charge on any atom is 0.240 e. The average molecular weight is 303 g/mol. The number of methoxy groups -OCH3 is 2. The van der Waals surface area contributed by atoms with E-state index in [-0.39, 0.29) is 12.0 Å². The third kappa shape index (κ3) is 2.56. The Bertz CT molecular complexity index is 651. The van der Waals surface area contributed by atoms with Gasteiger partial charge < -0.3 is 15.2 Å². The summed E-state index contributed by atoms with van der Waals surface area (Å²) in [4.78, 5) is 9.95. The lowest BCUT2D eigenvalue weighted by Crippen LogP contribution is -2.22. The maximum atomic E-state index is 6.45. The normalized spacial score (nSPS) is 18.1. The summed E-state index contributed by atoms with van der Waals surface area (Å²) in [6.45, 7) is 0. The first-order chi connectivity index (χ1) is 10.2. The molecule has 0 spiro atoms. The molecule has 2 aromatic rings. The minimum atomic E-state index is -0.255. The van der Waals surface area contributed by atoms with Crippen LogP contribution in [0.5, 0.6) is 11.8 Å². The second kappa shape index (κ2) is 5.91. The molecule has 0 amide bonds. The van der Waals surface area contributed by atoms with Crippen LogP contribution in [0.3, 0.4) is 0 Å². The number of nitrogens with two attached hydrogens (primary N) is 1. The van der Waals surface area contributed by atoms with Crippen molar-refractivity contribution in [1.29, 1.82) is 0 Å². The van der Waals surface area contributed by atoms with Crippen LogP contribution in [-0.4, -0.2) is 29.9 Å². The third-order valence-corrected chi connectivity index (χ3v) is 4.84. The fourth-order valence-corrected chi connectivity index (χ4v) is 3.83. The average Bonchev–Trinajstić information content (AvgIpc) is 2.97. The van der Waals surface area contributed by atoms with Gasteiger partial charge in [-0.1, -0.05) is 18.2 Å². The molecule has 1 aliphatic heterocycles. The number of benzene rings is 1. The highest BCUT2D eigenvalue weighted by Crippen LogP contribution is 2.45. The van der Waals surface area contributed by atoms with Crippen molar-refractivity contribution >= 4 is 11.8 Å². The van der Waals surface area contributed by atoms with E-state index in [1.807, 2.05) is 23.9 Å². The largest absolute Gasteiger partial charge is 0.480 e. The van der Waals surface area contributed by atoms with Crippen LogP contribution in [0.25, 0.3) is 0 Å². The van der Waals surface area contributed by atoms with E-state index in [4.69, 9.17) is 15.2 Å². The van der Waals surface area contributed by atoms with Crippen molar-refractivity contribution in [2.75, 3.05) is 20.0 Å². The molecule has 1 aromatic carbocycles. The molecule has 2 atom stereocenters. The monoisotopic (exact) mass is 303 g/mol. The number of fused-ring (bicyclic) bond motifs is 1. The van der Waals surface area contributed by atoms with E-state index in [1.165, 1.54) is 10.5 Å². The summed E-state index contributed by atoms with van der Waals surface area (Å²) in [5, 5.41) is 0. The highest BCUT2D eigenvalue weighted by molar-refractivity contribution is 7.99. The highest BCUT2D eigenvalue weighted by Gasteiger charge is 2.32. The van der Waals surface area contributed by atoms with Gasteiger partial charge in [0.2, 0.25) is 11.8 Å². The summed E-state index contributed by atoms with van der Waals surface area (Å²) >= 11 is 1.83. The number of ether oxygens (including phenoxy) is 2. The number of hydrogen-bond acceptors (Lipinski definition) is 6. The Labute approximate surface area is 127 Å². The van der Waals surface area contributed by atoms with Crippen molar-refractivity contribution < 1.29 is 9.47 Å². The molecule has 0 aliphatic carbocycles. The highest BCUT2D eigenvalue weighted by atomic mass is 32.2. The van der Waals surface area contributed by atoms with Gasteiger partial charge in [0, 0.05) is 16.6 Å². The predicted molar refractivity (Wildman–Crippen MR) is 82.0 cm³/mol. The fourth-order valence-electron chi connectivity index (χ4n) is 2.52. The molecule has 2 N–H and O–H groups in total. The summed E-state index contributed by atoms with van der Waals surface area (Å²) in [6.07, 6.45) is 1.58. The van der Waals surface area contributed by atoms with Crippen LogP contribution < -0.4 is 15.2 Å². The summed E-state index contributed by atoms with van der Waals surface area (Å²) in [5.41, 5.74) is 8.39. The summed E-state index contributed by atoms with van der Waals surface area (Å²) < 4.78 is 10.4. The second-order valence-corrected chi connectivity index (χ2v) is 5.85. The predicted octanol–water partition coefficient (Wildman–Crippen LogP) is 2.38. The van der Waals surface area contributed by atoms with Gasteiger partial charge in [0.05, 0.1) is 26.5 Å². The Morgan fingerprint density at radius 2 is 2.10 bits per heavy atom. The van der Waals surface area contributed by atoms with Gasteiger partial charge in [0.15, 0.2) is 0 Å². The molecule has 21 heavy (non-hydrogen) atoms. The number of rotatable bonds is 4. The fraction of sp³-hybridized carbons (Fsp3) is 0.333. The lowest BCUT2D eigenvalue weighted by Gasteiger charge is -2.20. The molecule has 5 nitrogen and oxygen atoms in total. The van der Waals surface area contributed by atoms with Crippen molar-refractivity contribution in [3.63, 3.8) is 0 Å². The molecule has 0 saturated heterocycles. The quantitative estimate of drug-likeness (QED) is 0.935. The van der Waals surface area contributed by atoms with Gasteiger partial charge in [-0.05, 0) is 11.6 Å². The van der Waals surface area contributed by atoms with E-state index in [9.17, 15) is 0 Å². The molecule has 6 heteroatoms. The maximum absolute atomic E-state index is 6.45. The standard InChI is InChI=1S/C15H17N3O2S/c1-19-12-7-17-14(15(18-12)20-2)13(16)10-8-21-11-6-4-3-5-9(10)11/h3-7,10,13H,8,16H2,1-2H3. The Kier molecular flexibility index (Phi) is 3.98. The molecule has 0 saturated carbocycles. The zero-order valence-electron chi connectivity index (χ0n) is 11.9. The van der Waals surface area contributed by atoms with Gasteiger partial charge in [-0.3, -0.25) is 0 Å². The molecular weight excluding hydrogens is 286 g/mol. The molecule has 0 bridgehead atoms. The van der Waals surface area contributed by atoms with Crippen molar-refractivity contribution in [3.8, 4) is 11.8 Å². The van der Waals surface area contributed by atoms with Crippen LogP contribution in [0.4, 0.5) is 0 Å². The Balaban J connectivity index is 1.94. The molecule has 3 rings (SSSR count). The number of thioether (sulfide) groups is 1. The second-order valence-electron chi connectivity index (χ2n) is 4.79. The van der Waals surface area contributed by atoms with E-state index in [1.54, 1.807) is 20.4 Å². The number of hydrogen-bond donors (Lipinski definition) is 1. The molecular formula is C15H17N3O2S. The van der Waals surface area contributed by atoms with Crippen molar-refractivity contribution in [2.24, 2.45) is 5.73 Å². The smallest absolute Gasteiger partial charge is 0.240 e. The van der Waals surface area contributed by atoms with Gasteiger partial charge >= 0.3 is 0 Å². The lowest BCUT2D eigenvalue weighted by molar-refractivity contribution is 0.351. The lowest BCUT2D eigenvalue weighted by atomic mass is 9.92. The molecule has 2 unspecified atom stereocenters. The molecule has 1 aliphatic rings. The minimum absolute atomic E-state index is 0.211. The van der Waals surface area contributed by atoms with E-state index >= 15 is 0 Å². The zero-order valence-corrected chi connectivity index (χ0v) is 12.8. The number of nitrogens with zero attached hydrogens (tertiary/aromatic N) is 2. The van der Waals surface area contributed by atoms with Gasteiger partial charge in [-0.25, -0.2) is 4.98 Å². The van der Waals surface area contributed by atoms with Crippen LogP contribution in [0.15, 0.2) is 35.4 Å². The zero-order chi connectivity index (χ0) is 14.8. The SMILES string of the molecule is COc1cnc(C(N)C2CSc3ccccc32)c(OC)n1. The van der Waals surface area contributed by atoms with Crippen LogP contribution in [0.1, 0.15) is 23.2 Å². The van der Waals surface area contributed by atoms with Crippen LogP contribution in [0.2, 0.25) is 0 Å². The van der Waals surface area contributed by atoms with Crippen molar-refractivity contribution in [1.82, 2.24) is 9.97 Å². The van der Waals surface area contributed by atoms with Gasteiger partial charge in [0.1, 0.15) is 5.69 Å². The summed E-state index contributed by atoms with van der Waals surface area (Å²) in [5.74, 6) is 2.00. The molecule has 110 valence electrons. The van der Waals surface area contributed by atoms with Crippen LogP contribution in [-0.2, 0) is 0 Å². The van der Waals surface area contributed by atoms with E-state index in [2.05, 4.69) is 22.1 Å². The first-order valence-electron chi connectivity index (χ1n) is 6.66. The molecule has 0 fully saturated rings. The summed E-state index contributed by atoms with van der Waals surface area (Å²) in [7, 11) is 3.12. The third-order valence-electron chi connectivity index (χ3n) is 3.63. The van der Waals surface area contributed by atoms with E-state index < -0.39 is 0 Å². The van der Waals surface area contributed by atoms with E-state index in [0.717, 1.165) is 5.75 Å². The minimum Gasteiger partial charge on any atom is -0.480 e. The van der Waals surface area contributed by atoms with E-state index in [0.29, 0.717) is 17.5 Å². The van der Waals surface area contributed by atoms with Crippen LogP contribution in [0, 0.1) is 0 Å². The summed E-state index contributed by atoms with van der Waals surface area (Å²) in [6, 6.07) is 8.09. The van der Waals surface area contributed by atoms with Gasteiger partial charge in [-0.15, -0.1) is 11.8 Å². The first kappa shape index (κ1) is 14.2. The van der Waals surface area contributed by atoms with Gasteiger partial charge in [-0.2, -0.15) is 4.98 Å². The molecule has 0 radical (unpaired) electrons. The van der Waals surface area contributed by atoms with Crippen LogP contribution >= 0.6 is 11.8 Å². The Morgan fingerprint density at radius 3 is 2.86 bits per heavy atom. The van der Waals surface area contributed by atoms with Gasteiger partial charge in [0.25, 0.3) is 0 Å². The Morgan fingerprint density at radius 1 is 1.29 bits per heavy atom. The van der Waals surface area contributed by atoms with Crippen molar-refractivity contribution in [2.45, 2.75) is 16.9 Å². The number of aromatic nitrogens is 2. The first-order valence-corrected chi connectivity index (χ1v) is 7.65. The molecule has 2 heterocycles. The Hall–Kier alpha value is -1.79. The topological polar surface area (TPSA) is 70.3 Å². The van der Waals surface area contributed by atoms with Crippen molar-refractivity contribution in [3.05, 3.63) is 41.7 Å².